The highest BCUT2D eigenvalue weighted by molar-refractivity contribution is 5.88. The maximum Gasteiger partial charge on any atom is 0.326 e. The van der Waals surface area contributed by atoms with E-state index in [2.05, 4.69) is 0 Å². The zero-order chi connectivity index (χ0) is 16.4. The first kappa shape index (κ1) is 15.3. The minimum Gasteiger partial charge on any atom is -0.480 e. The second kappa shape index (κ2) is 6.24. The molecule has 0 aliphatic carbocycles. The summed E-state index contributed by atoms with van der Waals surface area (Å²) in [6.07, 6.45) is 0.360. The van der Waals surface area contributed by atoms with Crippen LogP contribution in [0.5, 0.6) is 0 Å². The van der Waals surface area contributed by atoms with Crippen LogP contribution >= 0.6 is 0 Å². The summed E-state index contributed by atoms with van der Waals surface area (Å²) in [4.78, 5) is 26.0. The molecule has 0 saturated heterocycles. The largest absolute Gasteiger partial charge is 0.480 e. The first-order valence-corrected chi connectivity index (χ1v) is 7.73. The first-order valence-electron chi connectivity index (χ1n) is 7.73. The topological polar surface area (TPSA) is 57.6 Å². The number of carboxylic acid groups (broad SMARTS) is 1. The predicted octanol–water partition coefficient (Wildman–Crippen LogP) is 2.83. The zero-order valence-corrected chi connectivity index (χ0v) is 13.0. The monoisotopic (exact) mass is 309 g/mol. The van der Waals surface area contributed by atoms with Gasteiger partial charge in [-0.15, -0.1) is 0 Å². The highest BCUT2D eigenvalue weighted by Gasteiger charge is 2.36. The van der Waals surface area contributed by atoms with E-state index in [1.807, 2.05) is 61.5 Å². The molecule has 118 valence electrons. The Kier molecular flexibility index (Phi) is 4.15. The van der Waals surface area contributed by atoms with Gasteiger partial charge in [-0.05, 0) is 23.6 Å². The Morgan fingerprint density at radius 1 is 1.04 bits per heavy atom. The van der Waals surface area contributed by atoms with E-state index >= 15 is 0 Å². The van der Waals surface area contributed by atoms with Crippen LogP contribution in [0.4, 0.5) is 0 Å². The Balaban J connectivity index is 1.90. The normalized spacial score (nSPS) is 18.1. The molecule has 1 unspecified atom stereocenters. The SMILES string of the molecule is C[C@H](C(=O)N1Cc2ccccc2CC1C(=O)O)c1ccccc1. The van der Waals surface area contributed by atoms with E-state index in [1.54, 1.807) is 0 Å². The van der Waals surface area contributed by atoms with Crippen molar-refractivity contribution in [2.75, 3.05) is 0 Å². The van der Waals surface area contributed by atoms with Gasteiger partial charge in [0.25, 0.3) is 0 Å². The summed E-state index contributed by atoms with van der Waals surface area (Å²) in [7, 11) is 0. The van der Waals surface area contributed by atoms with Crippen molar-refractivity contribution in [1.29, 1.82) is 0 Å². The van der Waals surface area contributed by atoms with Gasteiger partial charge in [-0.2, -0.15) is 0 Å². The fourth-order valence-corrected chi connectivity index (χ4v) is 3.11. The molecule has 1 amide bonds. The smallest absolute Gasteiger partial charge is 0.326 e. The Hall–Kier alpha value is -2.62. The van der Waals surface area contributed by atoms with Crippen LogP contribution in [0.3, 0.4) is 0 Å². The average Bonchev–Trinajstić information content (AvgIpc) is 2.60. The molecule has 1 N–H and O–H groups in total. The molecule has 4 heteroatoms. The molecule has 2 aromatic rings. The number of hydrogen-bond donors (Lipinski definition) is 1. The molecule has 23 heavy (non-hydrogen) atoms. The molecule has 4 nitrogen and oxygen atoms in total. The van der Waals surface area contributed by atoms with Gasteiger partial charge in [-0.25, -0.2) is 4.79 Å². The number of carbonyl (C=O) groups excluding carboxylic acids is 1. The van der Waals surface area contributed by atoms with Crippen LogP contribution in [0.25, 0.3) is 0 Å². The van der Waals surface area contributed by atoms with Crippen LogP contribution in [0.1, 0.15) is 29.5 Å². The number of carbonyl (C=O) groups is 2. The van der Waals surface area contributed by atoms with E-state index in [0.717, 1.165) is 16.7 Å². The van der Waals surface area contributed by atoms with Crippen molar-refractivity contribution in [2.24, 2.45) is 0 Å². The number of benzene rings is 2. The van der Waals surface area contributed by atoms with Crippen molar-refractivity contribution in [3.05, 3.63) is 71.3 Å². The van der Waals surface area contributed by atoms with E-state index in [1.165, 1.54) is 4.90 Å². The number of amides is 1. The lowest BCUT2D eigenvalue weighted by Crippen LogP contribution is -2.49. The third-order valence-corrected chi connectivity index (χ3v) is 4.49. The molecule has 1 aliphatic rings. The summed E-state index contributed by atoms with van der Waals surface area (Å²) in [6.45, 7) is 2.18. The molecule has 2 aromatic carbocycles. The van der Waals surface area contributed by atoms with E-state index in [0.29, 0.717) is 13.0 Å². The lowest BCUT2D eigenvalue weighted by molar-refractivity contribution is -0.151. The summed E-state index contributed by atoms with van der Waals surface area (Å²) in [6, 6.07) is 16.4. The predicted molar refractivity (Wildman–Crippen MR) is 87.0 cm³/mol. The van der Waals surface area contributed by atoms with Crippen LogP contribution in [0, 0.1) is 0 Å². The standard InChI is InChI=1S/C19H19NO3/c1-13(14-7-3-2-4-8-14)18(21)20-12-16-10-6-5-9-15(16)11-17(20)19(22)23/h2-10,13,17H,11-12H2,1H3,(H,22,23)/t13-,17?/m0/s1. The molecule has 2 atom stereocenters. The maximum atomic E-state index is 12.9. The van der Waals surface area contributed by atoms with Gasteiger partial charge in [0.1, 0.15) is 6.04 Å². The third kappa shape index (κ3) is 2.97. The van der Waals surface area contributed by atoms with Gasteiger partial charge >= 0.3 is 5.97 Å². The Morgan fingerprint density at radius 2 is 1.65 bits per heavy atom. The average molecular weight is 309 g/mol. The second-order valence-electron chi connectivity index (χ2n) is 5.93. The van der Waals surface area contributed by atoms with Gasteiger partial charge in [0.05, 0.1) is 5.92 Å². The Labute approximate surface area is 135 Å². The van der Waals surface area contributed by atoms with Crippen LogP contribution in [-0.2, 0) is 22.6 Å². The summed E-state index contributed by atoms with van der Waals surface area (Å²) in [5, 5.41) is 9.54. The third-order valence-electron chi connectivity index (χ3n) is 4.49. The number of aliphatic carboxylic acids is 1. The molecule has 0 radical (unpaired) electrons. The number of rotatable bonds is 3. The molecule has 0 bridgehead atoms. The van der Waals surface area contributed by atoms with Crippen LogP contribution < -0.4 is 0 Å². The number of nitrogens with zero attached hydrogens (tertiary/aromatic N) is 1. The van der Waals surface area contributed by atoms with Crippen molar-refractivity contribution in [1.82, 2.24) is 4.90 Å². The van der Waals surface area contributed by atoms with Crippen molar-refractivity contribution in [3.8, 4) is 0 Å². The van der Waals surface area contributed by atoms with Gasteiger partial charge in [0, 0.05) is 13.0 Å². The van der Waals surface area contributed by atoms with Crippen molar-refractivity contribution < 1.29 is 14.7 Å². The van der Waals surface area contributed by atoms with Crippen LogP contribution in [0.2, 0.25) is 0 Å². The van der Waals surface area contributed by atoms with Gasteiger partial charge in [0.2, 0.25) is 5.91 Å². The maximum absolute atomic E-state index is 12.9. The molecule has 1 aliphatic heterocycles. The van der Waals surface area contributed by atoms with Crippen LogP contribution in [-0.4, -0.2) is 27.9 Å². The first-order chi connectivity index (χ1) is 11.1. The highest BCUT2D eigenvalue weighted by Crippen LogP contribution is 2.27. The van der Waals surface area contributed by atoms with Crippen LogP contribution in [0.15, 0.2) is 54.6 Å². The van der Waals surface area contributed by atoms with Gasteiger partial charge in [0.15, 0.2) is 0 Å². The molecular weight excluding hydrogens is 290 g/mol. The number of carboxylic acids is 1. The summed E-state index contributed by atoms with van der Waals surface area (Å²) in [5.41, 5.74) is 2.94. The summed E-state index contributed by atoms with van der Waals surface area (Å²) < 4.78 is 0. The molecule has 1 heterocycles. The van der Waals surface area contributed by atoms with Crippen molar-refractivity contribution >= 4 is 11.9 Å². The number of hydrogen-bond acceptors (Lipinski definition) is 2. The van der Waals surface area contributed by atoms with E-state index in [9.17, 15) is 14.7 Å². The Bertz CT molecular complexity index is 726. The quantitative estimate of drug-likeness (QED) is 0.948. The van der Waals surface area contributed by atoms with Crippen molar-refractivity contribution in [3.63, 3.8) is 0 Å². The molecule has 0 aromatic heterocycles. The highest BCUT2D eigenvalue weighted by atomic mass is 16.4. The summed E-state index contributed by atoms with van der Waals surface area (Å²) >= 11 is 0. The van der Waals surface area contributed by atoms with Gasteiger partial charge < -0.3 is 10.0 Å². The fourth-order valence-electron chi connectivity index (χ4n) is 3.11. The fraction of sp³-hybridized carbons (Fsp3) is 0.263. The minimum atomic E-state index is -0.951. The van der Waals surface area contributed by atoms with Crippen molar-refractivity contribution in [2.45, 2.75) is 31.8 Å². The Morgan fingerprint density at radius 3 is 2.30 bits per heavy atom. The molecular formula is C19H19NO3. The summed E-state index contributed by atoms with van der Waals surface area (Å²) in [5.74, 6) is -1.45. The minimum absolute atomic E-state index is 0.141. The van der Waals surface area contributed by atoms with Gasteiger partial charge in [-0.3, -0.25) is 4.79 Å². The second-order valence-corrected chi connectivity index (χ2v) is 5.93. The van der Waals surface area contributed by atoms with E-state index < -0.39 is 12.0 Å². The zero-order valence-electron chi connectivity index (χ0n) is 13.0. The molecule has 0 saturated carbocycles. The lowest BCUT2D eigenvalue weighted by atomic mass is 9.91. The number of fused-ring (bicyclic) bond motifs is 1. The van der Waals surface area contributed by atoms with Gasteiger partial charge in [-0.1, -0.05) is 54.6 Å². The van der Waals surface area contributed by atoms with E-state index in [-0.39, 0.29) is 11.8 Å². The van der Waals surface area contributed by atoms with E-state index in [4.69, 9.17) is 0 Å². The molecule has 0 spiro atoms. The lowest BCUT2D eigenvalue weighted by Gasteiger charge is -2.36. The molecule has 3 rings (SSSR count). The molecule has 0 fully saturated rings.